The predicted octanol–water partition coefficient (Wildman–Crippen LogP) is 12.5. The van der Waals surface area contributed by atoms with Crippen molar-refractivity contribution in [2.24, 2.45) is 5.92 Å². The molecule has 0 aromatic heterocycles. The third kappa shape index (κ3) is 31.6. The first-order chi connectivity index (χ1) is 18.2. The quantitative estimate of drug-likeness (QED) is 0.0668. The average molecular weight is 523 g/mol. The summed E-state index contributed by atoms with van der Waals surface area (Å²) in [4.78, 5) is 11.9. The molecular weight excluding hydrogens is 452 g/mol. The van der Waals surface area contributed by atoms with Gasteiger partial charge in [-0.2, -0.15) is 0 Å². The Labute approximate surface area is 234 Å². The number of ether oxygens (including phenoxy) is 1. The van der Waals surface area contributed by atoms with E-state index in [1.165, 1.54) is 167 Å². The van der Waals surface area contributed by atoms with E-state index in [-0.39, 0.29) is 5.97 Å². The molecular formula is C35H70O2. The zero-order valence-corrected chi connectivity index (χ0v) is 26.1. The highest BCUT2D eigenvalue weighted by Crippen LogP contribution is 2.16. The topological polar surface area (TPSA) is 26.3 Å². The van der Waals surface area contributed by atoms with Gasteiger partial charge in [0.15, 0.2) is 0 Å². The Kier molecular flexibility index (Phi) is 31.2. The summed E-state index contributed by atoms with van der Waals surface area (Å²) in [6.07, 6.45) is 38.6. The molecule has 2 nitrogen and oxygen atoms in total. The molecule has 222 valence electrons. The molecule has 0 amide bonds. The summed E-state index contributed by atoms with van der Waals surface area (Å²) in [7, 11) is 0. The Morgan fingerprint density at radius 3 is 1.24 bits per heavy atom. The molecule has 0 rings (SSSR count). The molecule has 1 unspecified atom stereocenters. The lowest BCUT2D eigenvalue weighted by molar-refractivity contribution is -0.143. The molecule has 0 radical (unpaired) electrons. The smallest absolute Gasteiger partial charge is 0.305 e. The van der Waals surface area contributed by atoms with Crippen LogP contribution in [0.5, 0.6) is 0 Å². The molecule has 0 saturated heterocycles. The molecule has 1 atom stereocenters. The van der Waals surface area contributed by atoms with Gasteiger partial charge in [0.05, 0.1) is 6.61 Å². The van der Waals surface area contributed by atoms with Crippen LogP contribution in [0, 0.1) is 5.92 Å². The van der Waals surface area contributed by atoms with Crippen LogP contribution in [0.2, 0.25) is 0 Å². The van der Waals surface area contributed by atoms with Crippen molar-refractivity contribution in [3.05, 3.63) is 0 Å². The molecule has 0 aromatic rings. The summed E-state index contributed by atoms with van der Waals surface area (Å²) in [5.74, 6) is 0.946. The second-order valence-corrected chi connectivity index (χ2v) is 12.1. The molecule has 0 aromatic carbocycles. The van der Waals surface area contributed by atoms with Gasteiger partial charge < -0.3 is 4.74 Å². The summed E-state index contributed by atoms with van der Waals surface area (Å²) >= 11 is 0. The van der Waals surface area contributed by atoms with E-state index in [2.05, 4.69) is 20.8 Å². The summed E-state index contributed by atoms with van der Waals surface area (Å²) in [6.45, 7) is 7.61. The maximum absolute atomic E-state index is 11.9. The zero-order valence-electron chi connectivity index (χ0n) is 26.1. The van der Waals surface area contributed by atoms with Gasteiger partial charge in [0, 0.05) is 6.42 Å². The molecule has 0 saturated carbocycles. The van der Waals surface area contributed by atoms with Crippen LogP contribution < -0.4 is 0 Å². The van der Waals surface area contributed by atoms with Gasteiger partial charge in [-0.05, 0) is 18.8 Å². The van der Waals surface area contributed by atoms with Gasteiger partial charge in [-0.15, -0.1) is 0 Å². The normalized spacial score (nSPS) is 12.2. The van der Waals surface area contributed by atoms with E-state index in [1.54, 1.807) is 0 Å². The number of hydrogen-bond acceptors (Lipinski definition) is 2. The van der Waals surface area contributed by atoms with Crippen molar-refractivity contribution in [2.75, 3.05) is 6.61 Å². The van der Waals surface area contributed by atoms with Crippen molar-refractivity contribution < 1.29 is 9.53 Å². The van der Waals surface area contributed by atoms with Crippen molar-refractivity contribution in [2.45, 2.75) is 207 Å². The SMILES string of the molecule is CCCCCCCCCCCCCCCCCC(=O)OCCCCCCCCCCCCCC(C)CC. The van der Waals surface area contributed by atoms with Crippen LogP contribution in [-0.2, 0) is 9.53 Å². The Bertz CT molecular complexity index is 433. The first-order valence-electron chi connectivity index (χ1n) is 17.4. The number of esters is 1. The van der Waals surface area contributed by atoms with Crippen molar-refractivity contribution >= 4 is 5.97 Å². The number of carbonyl (C=O) groups excluding carboxylic acids is 1. The maximum atomic E-state index is 11.9. The fourth-order valence-electron chi connectivity index (χ4n) is 5.29. The minimum Gasteiger partial charge on any atom is -0.466 e. The van der Waals surface area contributed by atoms with Gasteiger partial charge in [0.1, 0.15) is 0 Å². The monoisotopic (exact) mass is 523 g/mol. The molecule has 0 aliphatic carbocycles. The van der Waals surface area contributed by atoms with Gasteiger partial charge in [0.2, 0.25) is 0 Å². The Morgan fingerprint density at radius 2 is 0.838 bits per heavy atom. The number of rotatable bonds is 31. The second-order valence-electron chi connectivity index (χ2n) is 12.1. The van der Waals surface area contributed by atoms with E-state index < -0.39 is 0 Å². The van der Waals surface area contributed by atoms with Crippen molar-refractivity contribution in [3.63, 3.8) is 0 Å². The lowest BCUT2D eigenvalue weighted by atomic mass is 9.99. The Morgan fingerprint density at radius 1 is 0.486 bits per heavy atom. The van der Waals surface area contributed by atoms with E-state index in [0.717, 1.165) is 18.8 Å². The maximum Gasteiger partial charge on any atom is 0.305 e. The fraction of sp³-hybridized carbons (Fsp3) is 0.971. The summed E-state index contributed by atoms with van der Waals surface area (Å²) in [6, 6.07) is 0. The highest BCUT2D eigenvalue weighted by molar-refractivity contribution is 5.69. The van der Waals surface area contributed by atoms with E-state index >= 15 is 0 Å². The van der Waals surface area contributed by atoms with E-state index in [4.69, 9.17) is 4.74 Å². The molecule has 2 heteroatoms. The van der Waals surface area contributed by atoms with Gasteiger partial charge in [-0.3, -0.25) is 4.79 Å². The molecule has 0 bridgehead atoms. The fourth-order valence-corrected chi connectivity index (χ4v) is 5.29. The zero-order chi connectivity index (χ0) is 27.1. The lowest BCUT2D eigenvalue weighted by Gasteiger charge is -2.07. The second kappa shape index (κ2) is 31.7. The lowest BCUT2D eigenvalue weighted by Crippen LogP contribution is -2.05. The molecule has 0 spiro atoms. The van der Waals surface area contributed by atoms with E-state index in [0.29, 0.717) is 13.0 Å². The minimum absolute atomic E-state index is 0.0267. The number of hydrogen-bond donors (Lipinski definition) is 0. The molecule has 0 fully saturated rings. The average Bonchev–Trinajstić information content (AvgIpc) is 2.90. The van der Waals surface area contributed by atoms with Crippen molar-refractivity contribution in [3.8, 4) is 0 Å². The molecule has 0 heterocycles. The van der Waals surface area contributed by atoms with Gasteiger partial charge in [0.25, 0.3) is 0 Å². The first-order valence-corrected chi connectivity index (χ1v) is 17.4. The summed E-state index contributed by atoms with van der Waals surface area (Å²) < 4.78 is 5.44. The van der Waals surface area contributed by atoms with Crippen molar-refractivity contribution in [1.29, 1.82) is 0 Å². The summed E-state index contributed by atoms with van der Waals surface area (Å²) in [5, 5.41) is 0. The number of carbonyl (C=O) groups is 1. The van der Waals surface area contributed by atoms with Crippen LogP contribution >= 0.6 is 0 Å². The minimum atomic E-state index is 0.0267. The summed E-state index contributed by atoms with van der Waals surface area (Å²) in [5.41, 5.74) is 0. The molecule has 0 aliphatic heterocycles. The van der Waals surface area contributed by atoms with Crippen LogP contribution in [0.3, 0.4) is 0 Å². The Balaban J connectivity index is 3.16. The number of unbranched alkanes of at least 4 members (excludes halogenated alkanes) is 24. The van der Waals surface area contributed by atoms with Gasteiger partial charge >= 0.3 is 5.97 Å². The van der Waals surface area contributed by atoms with Gasteiger partial charge in [-0.25, -0.2) is 0 Å². The van der Waals surface area contributed by atoms with Crippen LogP contribution in [-0.4, -0.2) is 12.6 Å². The largest absolute Gasteiger partial charge is 0.466 e. The van der Waals surface area contributed by atoms with Gasteiger partial charge in [-0.1, -0.05) is 188 Å². The van der Waals surface area contributed by atoms with Crippen molar-refractivity contribution in [1.82, 2.24) is 0 Å². The highest BCUT2D eigenvalue weighted by atomic mass is 16.5. The molecule has 0 N–H and O–H groups in total. The van der Waals surface area contributed by atoms with Crippen LogP contribution in [0.1, 0.15) is 207 Å². The Hall–Kier alpha value is -0.530. The van der Waals surface area contributed by atoms with Crippen LogP contribution in [0.25, 0.3) is 0 Å². The van der Waals surface area contributed by atoms with E-state index in [1.807, 2.05) is 0 Å². The first kappa shape index (κ1) is 36.5. The third-order valence-electron chi connectivity index (χ3n) is 8.29. The van der Waals surface area contributed by atoms with Crippen LogP contribution in [0.15, 0.2) is 0 Å². The highest BCUT2D eigenvalue weighted by Gasteiger charge is 2.03. The molecule has 0 aliphatic rings. The van der Waals surface area contributed by atoms with E-state index in [9.17, 15) is 4.79 Å². The standard InChI is InChI=1S/C35H70O2/c1-4-6-7-8-9-10-11-12-13-14-17-20-23-26-29-32-35(36)37-33-30-27-24-21-18-15-16-19-22-25-28-31-34(3)5-2/h34H,4-33H2,1-3H3. The third-order valence-corrected chi connectivity index (χ3v) is 8.29. The molecule has 37 heavy (non-hydrogen) atoms. The predicted molar refractivity (Wildman–Crippen MR) is 165 cm³/mol. The van der Waals surface area contributed by atoms with Crippen LogP contribution in [0.4, 0.5) is 0 Å².